The first kappa shape index (κ1) is 11.8. The number of nitro benzene ring substituents is 1. The normalized spacial score (nSPS) is 10.0. The van der Waals surface area contributed by atoms with Crippen molar-refractivity contribution in [2.45, 2.75) is 6.54 Å². The Hall–Kier alpha value is -2.63. The lowest BCUT2D eigenvalue weighted by Gasteiger charge is -2.02. The van der Waals surface area contributed by atoms with Crippen LogP contribution in [0.4, 0.5) is 5.69 Å². The van der Waals surface area contributed by atoms with Crippen LogP contribution in [-0.2, 0) is 6.54 Å². The molecule has 0 aliphatic carbocycles. The van der Waals surface area contributed by atoms with E-state index in [1.54, 1.807) is 12.1 Å². The Morgan fingerprint density at radius 2 is 2.00 bits per heavy atom. The second kappa shape index (κ2) is 5.13. The van der Waals surface area contributed by atoms with Crippen LogP contribution in [0.15, 0.2) is 47.1 Å². The van der Waals surface area contributed by atoms with E-state index in [4.69, 9.17) is 4.42 Å². The highest BCUT2D eigenvalue weighted by molar-refractivity contribution is 5.94. The van der Waals surface area contributed by atoms with Gasteiger partial charge in [0.05, 0.1) is 17.7 Å². The Morgan fingerprint density at radius 3 is 2.56 bits per heavy atom. The van der Waals surface area contributed by atoms with Gasteiger partial charge in [0.25, 0.3) is 11.6 Å². The van der Waals surface area contributed by atoms with Crippen molar-refractivity contribution < 1.29 is 14.1 Å². The minimum absolute atomic E-state index is 0.0439. The fraction of sp³-hybridized carbons (Fsp3) is 0.0833. The first-order chi connectivity index (χ1) is 8.66. The number of carbonyl (C=O) groups is 1. The molecule has 1 aromatic carbocycles. The topological polar surface area (TPSA) is 85.4 Å². The fourth-order valence-corrected chi connectivity index (χ4v) is 1.42. The van der Waals surface area contributed by atoms with Gasteiger partial charge in [0, 0.05) is 17.7 Å². The van der Waals surface area contributed by atoms with Crippen molar-refractivity contribution in [1.29, 1.82) is 0 Å². The van der Waals surface area contributed by atoms with Gasteiger partial charge in [-0.15, -0.1) is 0 Å². The molecule has 6 nitrogen and oxygen atoms in total. The molecule has 18 heavy (non-hydrogen) atoms. The molecule has 0 atom stereocenters. The predicted molar refractivity (Wildman–Crippen MR) is 63.0 cm³/mol. The predicted octanol–water partition coefficient (Wildman–Crippen LogP) is 2.12. The molecule has 92 valence electrons. The summed E-state index contributed by atoms with van der Waals surface area (Å²) in [7, 11) is 0. The molecule has 0 fully saturated rings. The van der Waals surface area contributed by atoms with Crippen molar-refractivity contribution in [3.63, 3.8) is 0 Å². The summed E-state index contributed by atoms with van der Waals surface area (Å²) in [6.45, 7) is 0.281. The molecule has 0 aliphatic heterocycles. The van der Waals surface area contributed by atoms with Gasteiger partial charge in [0.1, 0.15) is 5.76 Å². The number of nitro groups is 1. The molecule has 0 radical (unpaired) electrons. The van der Waals surface area contributed by atoms with Crippen LogP contribution in [0.1, 0.15) is 16.1 Å². The molecule has 1 N–H and O–H groups in total. The van der Waals surface area contributed by atoms with Gasteiger partial charge in [-0.1, -0.05) is 0 Å². The maximum Gasteiger partial charge on any atom is 0.269 e. The summed E-state index contributed by atoms with van der Waals surface area (Å²) >= 11 is 0. The van der Waals surface area contributed by atoms with Crippen molar-refractivity contribution in [2.75, 3.05) is 0 Å². The number of nitrogens with one attached hydrogen (secondary N) is 1. The van der Waals surface area contributed by atoms with Gasteiger partial charge in [-0.2, -0.15) is 0 Å². The zero-order valence-electron chi connectivity index (χ0n) is 9.33. The van der Waals surface area contributed by atoms with Crippen molar-refractivity contribution in [1.82, 2.24) is 5.32 Å². The number of hydrogen-bond donors (Lipinski definition) is 1. The molecule has 0 aliphatic rings. The van der Waals surface area contributed by atoms with Crippen LogP contribution in [0.2, 0.25) is 0 Å². The average molecular weight is 246 g/mol. The maximum absolute atomic E-state index is 11.7. The van der Waals surface area contributed by atoms with Crippen LogP contribution >= 0.6 is 0 Å². The van der Waals surface area contributed by atoms with Crippen LogP contribution in [0.5, 0.6) is 0 Å². The number of hydrogen-bond acceptors (Lipinski definition) is 4. The summed E-state index contributed by atoms with van der Waals surface area (Å²) in [6.07, 6.45) is 1.52. The molecule has 2 aromatic rings. The molecule has 0 saturated carbocycles. The smallest absolute Gasteiger partial charge is 0.269 e. The van der Waals surface area contributed by atoms with Crippen molar-refractivity contribution in [3.05, 3.63) is 64.1 Å². The van der Waals surface area contributed by atoms with Crippen LogP contribution in [0.3, 0.4) is 0 Å². The third-order valence-corrected chi connectivity index (χ3v) is 2.34. The number of rotatable bonds is 4. The SMILES string of the molecule is O=C(NCc1ccco1)c1ccc([N+](=O)[O-])cc1. The van der Waals surface area contributed by atoms with Crippen LogP contribution in [-0.4, -0.2) is 10.8 Å². The average Bonchev–Trinajstić information content (AvgIpc) is 2.89. The number of non-ortho nitro benzene ring substituents is 1. The van der Waals surface area contributed by atoms with Gasteiger partial charge < -0.3 is 9.73 Å². The molecular weight excluding hydrogens is 236 g/mol. The zero-order valence-corrected chi connectivity index (χ0v) is 9.33. The molecule has 1 aromatic heterocycles. The van der Waals surface area contributed by atoms with Gasteiger partial charge in [-0.3, -0.25) is 14.9 Å². The lowest BCUT2D eigenvalue weighted by atomic mass is 10.2. The molecule has 0 spiro atoms. The third kappa shape index (κ3) is 2.73. The van der Waals surface area contributed by atoms with Crippen molar-refractivity contribution >= 4 is 11.6 Å². The van der Waals surface area contributed by atoms with E-state index in [1.807, 2.05) is 0 Å². The monoisotopic (exact) mass is 246 g/mol. The van der Waals surface area contributed by atoms with Crippen LogP contribution in [0.25, 0.3) is 0 Å². The van der Waals surface area contributed by atoms with E-state index in [2.05, 4.69) is 5.32 Å². The van der Waals surface area contributed by atoms with E-state index >= 15 is 0 Å². The summed E-state index contributed by atoms with van der Waals surface area (Å²) in [5.74, 6) is 0.339. The van der Waals surface area contributed by atoms with Gasteiger partial charge in [-0.05, 0) is 24.3 Å². The standard InChI is InChI=1S/C12H10N2O4/c15-12(13-8-11-2-1-7-18-11)9-3-5-10(6-4-9)14(16)17/h1-7H,8H2,(H,13,15). The summed E-state index contributed by atoms with van der Waals surface area (Å²) < 4.78 is 5.07. The first-order valence-corrected chi connectivity index (χ1v) is 5.22. The summed E-state index contributed by atoms with van der Waals surface area (Å²) in [4.78, 5) is 21.6. The summed E-state index contributed by atoms with van der Waals surface area (Å²) in [6, 6.07) is 8.89. The van der Waals surface area contributed by atoms with Gasteiger partial charge >= 0.3 is 0 Å². The number of benzene rings is 1. The Labute approximate surface area is 102 Å². The highest BCUT2D eigenvalue weighted by Gasteiger charge is 2.09. The maximum atomic E-state index is 11.7. The van der Waals surface area contributed by atoms with Gasteiger partial charge in [0.2, 0.25) is 0 Å². The van der Waals surface area contributed by atoms with E-state index in [0.29, 0.717) is 11.3 Å². The molecule has 1 amide bonds. The molecule has 2 rings (SSSR count). The van der Waals surface area contributed by atoms with Gasteiger partial charge in [-0.25, -0.2) is 0 Å². The minimum atomic E-state index is -0.509. The minimum Gasteiger partial charge on any atom is -0.467 e. The summed E-state index contributed by atoms with van der Waals surface area (Å²) in [5.41, 5.74) is 0.324. The lowest BCUT2D eigenvalue weighted by Crippen LogP contribution is -2.22. The number of furan rings is 1. The third-order valence-electron chi connectivity index (χ3n) is 2.34. The van der Waals surface area contributed by atoms with Crippen molar-refractivity contribution in [2.24, 2.45) is 0 Å². The Morgan fingerprint density at radius 1 is 1.28 bits per heavy atom. The first-order valence-electron chi connectivity index (χ1n) is 5.22. The number of carbonyl (C=O) groups excluding carboxylic acids is 1. The second-order valence-corrected chi connectivity index (χ2v) is 3.57. The van der Waals surface area contributed by atoms with E-state index in [9.17, 15) is 14.9 Å². The van der Waals surface area contributed by atoms with Crippen LogP contribution < -0.4 is 5.32 Å². The van der Waals surface area contributed by atoms with E-state index in [0.717, 1.165) is 0 Å². The Bertz CT molecular complexity index is 546. The van der Waals surface area contributed by atoms with Gasteiger partial charge in [0.15, 0.2) is 0 Å². The van der Waals surface area contributed by atoms with E-state index in [-0.39, 0.29) is 18.1 Å². The number of amides is 1. The quantitative estimate of drug-likeness (QED) is 0.661. The molecule has 6 heteroatoms. The van der Waals surface area contributed by atoms with E-state index in [1.165, 1.54) is 30.5 Å². The molecule has 0 unspecified atom stereocenters. The fourth-order valence-electron chi connectivity index (χ4n) is 1.42. The lowest BCUT2D eigenvalue weighted by molar-refractivity contribution is -0.384. The second-order valence-electron chi connectivity index (χ2n) is 3.57. The molecular formula is C12H10N2O4. The largest absolute Gasteiger partial charge is 0.467 e. The highest BCUT2D eigenvalue weighted by atomic mass is 16.6. The molecule has 0 saturated heterocycles. The highest BCUT2D eigenvalue weighted by Crippen LogP contribution is 2.11. The van der Waals surface area contributed by atoms with Crippen molar-refractivity contribution in [3.8, 4) is 0 Å². The van der Waals surface area contributed by atoms with Crippen LogP contribution in [0, 0.1) is 10.1 Å². The zero-order chi connectivity index (χ0) is 13.0. The van der Waals surface area contributed by atoms with E-state index < -0.39 is 4.92 Å². The molecule has 0 bridgehead atoms. The molecule has 1 heterocycles. The summed E-state index contributed by atoms with van der Waals surface area (Å²) in [5, 5.41) is 13.1. The Kier molecular flexibility index (Phi) is 3.38. The number of nitrogens with zero attached hydrogens (tertiary/aromatic N) is 1. The Balaban J connectivity index is 1.98.